The van der Waals surface area contributed by atoms with Gasteiger partial charge in [0.15, 0.2) is 6.10 Å². The van der Waals surface area contributed by atoms with Crippen LogP contribution in [0.2, 0.25) is 5.31 Å². The first-order chi connectivity index (χ1) is 11.7. The van der Waals surface area contributed by atoms with Gasteiger partial charge in [-0.2, -0.15) is 0 Å². The summed E-state index contributed by atoms with van der Waals surface area (Å²) >= 11 is 0. The fourth-order valence-electron chi connectivity index (χ4n) is 1.92. The van der Waals surface area contributed by atoms with Gasteiger partial charge in [-0.05, 0) is 37.2 Å². The van der Waals surface area contributed by atoms with Gasteiger partial charge in [0.25, 0.3) is 0 Å². The van der Waals surface area contributed by atoms with Crippen LogP contribution in [-0.4, -0.2) is 45.3 Å². The molecule has 25 heavy (non-hydrogen) atoms. The zero-order chi connectivity index (χ0) is 19.0. The van der Waals surface area contributed by atoms with E-state index in [9.17, 15) is 14.0 Å². The van der Waals surface area contributed by atoms with Crippen molar-refractivity contribution in [3.05, 3.63) is 42.5 Å². The summed E-state index contributed by atoms with van der Waals surface area (Å²) in [7, 11) is 11.9. The summed E-state index contributed by atoms with van der Waals surface area (Å²) in [5.41, 5.74) is 0.238. The maximum Gasteiger partial charge on any atom is 0.347 e. The molecule has 1 aromatic rings. The van der Waals surface area contributed by atoms with E-state index in [-0.39, 0.29) is 12.2 Å². The van der Waals surface area contributed by atoms with E-state index in [1.165, 1.54) is 20.0 Å². The molecule has 0 amide bonds. The molecule has 0 aromatic carbocycles. The van der Waals surface area contributed by atoms with Crippen LogP contribution >= 0.6 is 0 Å². The molecule has 0 aliphatic heterocycles. The van der Waals surface area contributed by atoms with Gasteiger partial charge in [0.05, 0.1) is 28.5 Å². The predicted octanol–water partition coefficient (Wildman–Crippen LogP) is 2.22. The lowest BCUT2D eigenvalue weighted by atomic mass is 9.53. The molecule has 5 nitrogen and oxygen atoms in total. The average molecular weight is 343 g/mol. The number of carbonyl (C=O) groups is 2. The lowest BCUT2D eigenvalue weighted by Gasteiger charge is -2.31. The molecule has 3 unspecified atom stereocenters. The highest BCUT2D eigenvalue weighted by Crippen LogP contribution is 2.38. The number of hydrogen-bond acceptors (Lipinski definition) is 5. The number of halogens is 1. The van der Waals surface area contributed by atoms with Crippen LogP contribution in [0, 0.1) is 5.82 Å². The molecule has 1 rings (SSSR count). The van der Waals surface area contributed by atoms with Gasteiger partial charge in [-0.25, -0.2) is 9.18 Å². The van der Waals surface area contributed by atoms with Gasteiger partial charge >= 0.3 is 11.9 Å². The zero-order valence-electron chi connectivity index (χ0n) is 14.4. The maximum absolute atomic E-state index is 13.3. The number of hydrogen-bond donors (Lipinski definition) is 0. The Bertz CT molecular complexity index is 624. The third-order valence-corrected chi connectivity index (χ3v) is 3.58. The number of esters is 2. The Labute approximate surface area is 149 Å². The summed E-state index contributed by atoms with van der Waals surface area (Å²) in [6, 6.07) is 1.13. The van der Waals surface area contributed by atoms with Crippen LogP contribution < -0.4 is 0 Å². The minimum Gasteiger partial charge on any atom is -0.463 e. The molecule has 3 atom stereocenters. The number of allylic oxidation sites excluding steroid dienone is 1. The average Bonchev–Trinajstić information content (AvgIpc) is 2.57. The molecule has 8 heteroatoms. The van der Waals surface area contributed by atoms with Crippen LogP contribution in [-0.2, 0) is 19.1 Å². The molecule has 0 aliphatic carbocycles. The molecule has 0 spiro atoms. The molecule has 0 N–H and O–H groups in total. The fraction of sp³-hybridized carbons (Fsp3) is 0.471. The van der Waals surface area contributed by atoms with Crippen molar-refractivity contribution in [3.8, 4) is 0 Å². The molecule has 0 saturated carbocycles. The van der Waals surface area contributed by atoms with Gasteiger partial charge in [0, 0.05) is 11.5 Å². The first kappa shape index (κ1) is 20.9. The third-order valence-electron chi connectivity index (χ3n) is 3.58. The summed E-state index contributed by atoms with van der Waals surface area (Å²) in [6.45, 7) is 6.47. The monoisotopic (exact) mass is 343 g/mol. The normalized spacial score (nSPS) is 15.5. The highest BCUT2D eigenvalue weighted by atomic mass is 19.1. The second kappa shape index (κ2) is 9.39. The molecule has 1 aromatic heterocycles. The van der Waals surface area contributed by atoms with Crippen LogP contribution in [0.5, 0.6) is 0 Å². The highest BCUT2D eigenvalue weighted by Gasteiger charge is 2.37. The van der Waals surface area contributed by atoms with E-state index in [2.05, 4.69) is 11.6 Å². The Hall–Kier alpha value is -2.11. The maximum atomic E-state index is 13.3. The number of unbranched alkanes of at least 4 members (excludes halogenated alkanes) is 1. The summed E-state index contributed by atoms with van der Waals surface area (Å²) in [4.78, 5) is 27.8. The van der Waals surface area contributed by atoms with E-state index in [1.807, 2.05) is 0 Å². The van der Waals surface area contributed by atoms with E-state index in [0.717, 1.165) is 12.3 Å². The van der Waals surface area contributed by atoms with Crippen LogP contribution in [0.4, 0.5) is 4.39 Å². The molecule has 0 fully saturated rings. The summed E-state index contributed by atoms with van der Waals surface area (Å²) in [5.74, 6) is -3.26. The number of nitrogens with zero attached hydrogens (tertiary/aromatic N) is 1. The Morgan fingerprint density at radius 2 is 2.16 bits per heavy atom. The van der Waals surface area contributed by atoms with Crippen LogP contribution in [0.3, 0.4) is 0 Å². The highest BCUT2D eigenvalue weighted by molar-refractivity contribution is 6.33. The summed E-state index contributed by atoms with van der Waals surface area (Å²) < 4.78 is 23.3. The standard InChI is InChI=1S/C17H20B2FNO4/c1-4-5-6-7-24-15(22)11(2)25-16(23)17(3,19)14(18)12-8-13(20)10-21-9-12/h4,8-11,14H,1,5-7H2,2-3H3. The minimum absolute atomic E-state index is 0.196. The van der Waals surface area contributed by atoms with Gasteiger partial charge in [0.1, 0.15) is 5.82 Å². The molecular formula is C17H20B2FNO4. The van der Waals surface area contributed by atoms with E-state index in [0.29, 0.717) is 12.8 Å². The topological polar surface area (TPSA) is 65.5 Å². The first-order valence-corrected chi connectivity index (χ1v) is 7.83. The van der Waals surface area contributed by atoms with E-state index in [4.69, 9.17) is 25.2 Å². The van der Waals surface area contributed by atoms with Crippen molar-refractivity contribution in [2.45, 2.75) is 43.9 Å². The Balaban J connectivity index is 2.67. The fourth-order valence-corrected chi connectivity index (χ4v) is 1.92. The van der Waals surface area contributed by atoms with Crippen molar-refractivity contribution in [3.63, 3.8) is 0 Å². The van der Waals surface area contributed by atoms with E-state index < -0.39 is 35.0 Å². The van der Waals surface area contributed by atoms with Crippen molar-refractivity contribution in [2.75, 3.05) is 6.61 Å². The molecule has 0 aliphatic rings. The van der Waals surface area contributed by atoms with Crippen LogP contribution in [0.15, 0.2) is 31.1 Å². The minimum atomic E-state index is -1.69. The first-order valence-electron chi connectivity index (χ1n) is 7.83. The van der Waals surface area contributed by atoms with Gasteiger partial charge in [-0.1, -0.05) is 13.0 Å². The second-order valence-electron chi connectivity index (χ2n) is 5.84. The molecule has 0 saturated heterocycles. The molecule has 4 radical (unpaired) electrons. The quantitative estimate of drug-likeness (QED) is 0.298. The van der Waals surface area contributed by atoms with Crippen LogP contribution in [0.1, 0.15) is 38.1 Å². The molecule has 0 bridgehead atoms. The largest absolute Gasteiger partial charge is 0.463 e. The lowest BCUT2D eigenvalue weighted by Crippen LogP contribution is -2.35. The van der Waals surface area contributed by atoms with E-state index in [1.54, 1.807) is 6.08 Å². The number of pyridine rings is 1. The number of carbonyl (C=O) groups excluding carboxylic acids is 2. The van der Waals surface area contributed by atoms with Gasteiger partial charge in [-0.15, -0.1) is 6.58 Å². The summed E-state index contributed by atoms with van der Waals surface area (Å²) in [6.07, 6.45) is 4.22. The smallest absolute Gasteiger partial charge is 0.347 e. The predicted molar refractivity (Wildman–Crippen MR) is 92.8 cm³/mol. The van der Waals surface area contributed by atoms with E-state index >= 15 is 0 Å². The molecule has 1 heterocycles. The molecular weight excluding hydrogens is 323 g/mol. The third kappa shape index (κ3) is 6.03. The lowest BCUT2D eigenvalue weighted by molar-refractivity contribution is -0.168. The SMILES string of the molecule is [B]C(c1cncc(F)c1)C([B])(C)C(=O)OC(C)C(=O)OCCCC=C. The van der Waals surface area contributed by atoms with Crippen molar-refractivity contribution >= 4 is 27.6 Å². The van der Waals surface area contributed by atoms with Gasteiger partial charge < -0.3 is 9.47 Å². The van der Waals surface area contributed by atoms with Crippen molar-refractivity contribution in [2.24, 2.45) is 0 Å². The Morgan fingerprint density at radius 3 is 2.76 bits per heavy atom. The number of rotatable bonds is 9. The molecule has 130 valence electrons. The van der Waals surface area contributed by atoms with Crippen molar-refractivity contribution in [1.29, 1.82) is 0 Å². The number of aromatic nitrogens is 1. The Kier molecular flexibility index (Phi) is 7.87. The second-order valence-corrected chi connectivity index (χ2v) is 5.84. The van der Waals surface area contributed by atoms with Gasteiger partial charge in [-0.3, -0.25) is 9.78 Å². The zero-order valence-corrected chi connectivity index (χ0v) is 14.4. The van der Waals surface area contributed by atoms with Crippen LogP contribution in [0.25, 0.3) is 0 Å². The van der Waals surface area contributed by atoms with Gasteiger partial charge in [0.2, 0.25) is 0 Å². The van der Waals surface area contributed by atoms with Crippen molar-refractivity contribution < 1.29 is 23.5 Å². The Morgan fingerprint density at radius 1 is 1.48 bits per heavy atom. The summed E-state index contributed by atoms with van der Waals surface area (Å²) in [5, 5.41) is -1.69. The number of ether oxygens (including phenoxy) is 2. The van der Waals surface area contributed by atoms with Crippen molar-refractivity contribution in [1.82, 2.24) is 4.98 Å².